The third-order valence-electron chi connectivity index (χ3n) is 5.90. The molecule has 11 nitrogen and oxygen atoms in total. The molecule has 0 radical (unpaired) electrons. The number of carboxylic acids is 1. The van der Waals surface area contributed by atoms with Gasteiger partial charge in [-0.05, 0) is 49.4 Å². The molecule has 16 heteroatoms. The predicted octanol–water partition coefficient (Wildman–Crippen LogP) is -3.26. The van der Waals surface area contributed by atoms with E-state index in [-0.39, 0.29) is 88.0 Å². The average Bonchev–Trinajstić information content (AvgIpc) is 3.24. The van der Waals surface area contributed by atoms with Crippen molar-refractivity contribution in [3.8, 4) is 10.4 Å². The van der Waals surface area contributed by atoms with Crippen molar-refractivity contribution in [2.45, 2.75) is 47.6 Å². The first kappa shape index (κ1) is 33.4. The fraction of sp³-hybridized carbons (Fsp3) is 0.364. The van der Waals surface area contributed by atoms with Gasteiger partial charge in [-0.1, -0.05) is 6.42 Å². The molecule has 0 aliphatic carbocycles. The van der Waals surface area contributed by atoms with Crippen LogP contribution < -0.4 is 69.6 Å². The van der Waals surface area contributed by atoms with Crippen molar-refractivity contribution in [3.63, 3.8) is 0 Å². The van der Waals surface area contributed by atoms with Crippen LogP contribution in [0.25, 0.3) is 21.4 Å². The summed E-state index contributed by atoms with van der Waals surface area (Å²) in [4.78, 5) is 24.2. The molecule has 1 aromatic carbocycles. The van der Waals surface area contributed by atoms with Gasteiger partial charge in [-0.3, -0.25) is 4.79 Å². The summed E-state index contributed by atoms with van der Waals surface area (Å²) in [5.41, 5.74) is 0.745. The smallest absolute Gasteiger partial charge is 0.744 e. The Hall–Kier alpha value is -0.780. The van der Waals surface area contributed by atoms with Gasteiger partial charge in [0.15, 0.2) is 0 Å². The SMILES string of the molecule is O=C(O)CCCCCN1CCCc2cc3cc(-c4sc(S(=O)(=O)[O-])cc4S(=O)(=O)[O-])c(=O)oc3cc21.[Na+].[Na+]. The zero-order valence-electron chi connectivity index (χ0n) is 20.8. The Morgan fingerprint density at radius 1 is 1.03 bits per heavy atom. The average molecular weight is 602 g/mol. The molecule has 1 aliphatic rings. The van der Waals surface area contributed by atoms with Gasteiger partial charge in [0.05, 0.1) is 15.3 Å². The summed E-state index contributed by atoms with van der Waals surface area (Å²) in [5, 5.41) is 9.21. The summed E-state index contributed by atoms with van der Waals surface area (Å²) in [5.74, 6) is -0.826. The van der Waals surface area contributed by atoms with E-state index in [0.29, 0.717) is 24.4 Å². The van der Waals surface area contributed by atoms with Crippen molar-refractivity contribution in [1.82, 2.24) is 0 Å². The normalized spacial score (nSPS) is 13.5. The van der Waals surface area contributed by atoms with Crippen LogP contribution in [0, 0.1) is 0 Å². The summed E-state index contributed by atoms with van der Waals surface area (Å²) in [7, 11) is -10.3. The molecule has 4 rings (SSSR count). The van der Waals surface area contributed by atoms with E-state index >= 15 is 0 Å². The number of anilines is 1. The number of unbranched alkanes of at least 4 members (excludes halogenated alkanes) is 2. The third-order valence-corrected chi connectivity index (χ3v) is 9.33. The van der Waals surface area contributed by atoms with Gasteiger partial charge < -0.3 is 23.5 Å². The molecule has 0 saturated carbocycles. The van der Waals surface area contributed by atoms with Crippen LogP contribution in [0.15, 0.2) is 42.6 Å². The van der Waals surface area contributed by atoms with Crippen LogP contribution in [-0.4, -0.2) is 50.1 Å². The van der Waals surface area contributed by atoms with Crippen molar-refractivity contribution >= 4 is 54.2 Å². The van der Waals surface area contributed by atoms with E-state index in [0.717, 1.165) is 43.5 Å². The Labute approximate surface area is 267 Å². The number of rotatable bonds is 9. The van der Waals surface area contributed by atoms with Gasteiger partial charge in [0.2, 0.25) is 0 Å². The third kappa shape index (κ3) is 7.69. The molecule has 0 saturated heterocycles. The number of aliphatic carboxylic acids is 1. The van der Waals surface area contributed by atoms with Crippen LogP contribution in [0.3, 0.4) is 0 Å². The van der Waals surface area contributed by atoms with E-state index in [4.69, 9.17) is 9.52 Å². The molecule has 2 aromatic heterocycles. The van der Waals surface area contributed by atoms with E-state index in [1.165, 1.54) is 6.07 Å². The summed E-state index contributed by atoms with van der Waals surface area (Å²) in [6.45, 7) is 1.49. The molecule has 194 valence electrons. The topological polar surface area (TPSA) is 185 Å². The number of nitrogens with zero attached hydrogens (tertiary/aromatic N) is 1. The quantitative estimate of drug-likeness (QED) is 0.112. The molecule has 0 unspecified atom stereocenters. The first-order valence-electron chi connectivity index (χ1n) is 11.0. The molecule has 3 heterocycles. The Morgan fingerprint density at radius 2 is 1.74 bits per heavy atom. The van der Waals surface area contributed by atoms with Gasteiger partial charge in [-0.15, -0.1) is 11.3 Å². The summed E-state index contributed by atoms with van der Waals surface area (Å²) in [6, 6.07) is 5.29. The van der Waals surface area contributed by atoms with Crippen LogP contribution in [0.5, 0.6) is 0 Å². The number of carbonyl (C=O) groups is 1. The van der Waals surface area contributed by atoms with Crippen molar-refractivity contribution in [1.29, 1.82) is 0 Å². The molecule has 3 aromatic rings. The Bertz CT molecular complexity index is 1610. The van der Waals surface area contributed by atoms with Crippen molar-refractivity contribution < 1.29 is 99.4 Å². The minimum absolute atomic E-state index is 0. The molecule has 0 amide bonds. The molecule has 1 aliphatic heterocycles. The summed E-state index contributed by atoms with van der Waals surface area (Å²) >= 11 is 0.228. The van der Waals surface area contributed by atoms with Crippen LogP contribution in [0.2, 0.25) is 0 Å². The summed E-state index contributed by atoms with van der Waals surface area (Å²) < 4.78 is 73.9. The Morgan fingerprint density at radius 3 is 2.37 bits per heavy atom. The van der Waals surface area contributed by atoms with E-state index in [1.54, 1.807) is 12.1 Å². The second-order valence-corrected chi connectivity index (χ2v) is 12.4. The number of fused-ring (bicyclic) bond motifs is 2. The predicted molar refractivity (Wildman–Crippen MR) is 128 cm³/mol. The van der Waals surface area contributed by atoms with Gasteiger partial charge >= 0.3 is 70.7 Å². The van der Waals surface area contributed by atoms with E-state index in [1.807, 2.05) is 0 Å². The molecule has 1 N–H and O–H groups in total. The molecular weight excluding hydrogens is 580 g/mol. The van der Waals surface area contributed by atoms with Crippen LogP contribution in [-0.2, 0) is 31.5 Å². The van der Waals surface area contributed by atoms with Gasteiger partial charge in [-0.2, -0.15) is 0 Å². The number of carboxylic acid groups (broad SMARTS) is 1. The first-order chi connectivity index (χ1) is 16.8. The number of aryl methyl sites for hydroxylation is 1. The summed E-state index contributed by atoms with van der Waals surface area (Å²) in [6.07, 6.45) is 3.88. The number of hydrogen-bond donors (Lipinski definition) is 1. The molecule has 38 heavy (non-hydrogen) atoms. The standard InChI is InChI=1S/C22H23NO10S3.2Na/c24-19(25)6-2-1-3-7-23-8-4-5-13-9-14-10-15(22(26)33-17(14)11-16(13)23)21-18(35(27,28)29)12-20(34-21)36(30,31)32;;/h9-12H,1-8H2,(H,24,25)(H,27,28,29)(H,30,31,32);;/q;2*+1/p-2. The molecular formula is C22H21NNa2O10S3. The number of thiophene rings is 1. The van der Waals surface area contributed by atoms with Gasteiger partial charge in [0.25, 0.3) is 0 Å². The van der Waals surface area contributed by atoms with Crippen molar-refractivity contribution in [2.75, 3.05) is 18.0 Å². The maximum atomic E-state index is 12.8. The fourth-order valence-corrected chi connectivity index (χ4v) is 7.16. The van der Waals surface area contributed by atoms with Gasteiger partial charge in [0.1, 0.15) is 30.0 Å². The van der Waals surface area contributed by atoms with Crippen molar-refractivity contribution in [3.05, 3.63) is 40.2 Å². The van der Waals surface area contributed by atoms with Crippen LogP contribution in [0.1, 0.15) is 37.7 Å². The molecule has 0 fully saturated rings. The Kier molecular flexibility index (Phi) is 11.7. The fourth-order valence-electron chi connectivity index (χ4n) is 4.27. The molecule has 0 spiro atoms. The van der Waals surface area contributed by atoms with E-state index in [9.17, 15) is 35.5 Å². The monoisotopic (exact) mass is 601 g/mol. The van der Waals surface area contributed by atoms with Crippen molar-refractivity contribution in [2.24, 2.45) is 0 Å². The number of hydrogen-bond acceptors (Lipinski definition) is 11. The molecule has 0 bridgehead atoms. The second kappa shape index (κ2) is 13.3. The minimum atomic E-state index is -5.19. The zero-order valence-corrected chi connectivity index (χ0v) is 27.2. The number of benzene rings is 1. The van der Waals surface area contributed by atoms with E-state index < -0.39 is 45.8 Å². The van der Waals surface area contributed by atoms with Crippen LogP contribution >= 0.6 is 11.3 Å². The van der Waals surface area contributed by atoms with Crippen LogP contribution in [0.4, 0.5) is 5.69 Å². The maximum Gasteiger partial charge on any atom is 1.00 e. The minimum Gasteiger partial charge on any atom is -0.744 e. The maximum absolute atomic E-state index is 12.8. The van der Waals surface area contributed by atoms with Gasteiger partial charge in [0, 0.05) is 36.7 Å². The first-order valence-corrected chi connectivity index (χ1v) is 14.6. The molecule has 0 atom stereocenters. The van der Waals surface area contributed by atoms with Gasteiger partial charge in [-0.25, -0.2) is 21.6 Å². The second-order valence-electron chi connectivity index (χ2n) is 8.43. The Balaban J connectivity index is 0.00000253. The van der Waals surface area contributed by atoms with E-state index in [2.05, 4.69) is 4.90 Å². The zero-order chi connectivity index (χ0) is 26.3. The largest absolute Gasteiger partial charge is 1.00 e.